The number of halogens is 4. The highest BCUT2D eigenvalue weighted by atomic mass is 19.4. The van der Waals surface area contributed by atoms with Gasteiger partial charge in [-0.2, -0.15) is 13.2 Å². The molecule has 1 atom stereocenters. The number of anilines is 2. The SMILES string of the molecule is FC(F)(F)C(F)(/C=C/Nc1ccccc1)Nc1ccccc1. The Labute approximate surface area is 125 Å². The van der Waals surface area contributed by atoms with Crippen molar-refractivity contribution in [1.29, 1.82) is 0 Å². The van der Waals surface area contributed by atoms with Crippen LogP contribution in [-0.4, -0.2) is 12.0 Å². The van der Waals surface area contributed by atoms with Crippen LogP contribution in [0, 0.1) is 0 Å². The highest BCUT2D eigenvalue weighted by molar-refractivity contribution is 5.48. The standard InChI is InChI=1S/C16H14F4N2/c17-15(16(18,19)20,22-14-9-5-2-6-10-14)11-12-21-13-7-3-1-4-8-13/h1-12,21-22H/b12-11+. The van der Waals surface area contributed by atoms with E-state index in [-0.39, 0.29) is 5.69 Å². The fraction of sp³-hybridized carbons (Fsp3) is 0.125. The smallest absolute Gasteiger partial charge is 0.362 e. The molecule has 0 amide bonds. The molecule has 0 aliphatic heterocycles. The predicted octanol–water partition coefficient (Wildman–Crippen LogP) is 4.95. The minimum absolute atomic E-state index is 0.0340. The first-order valence-electron chi connectivity index (χ1n) is 6.49. The quantitative estimate of drug-likeness (QED) is 0.603. The second kappa shape index (κ2) is 6.51. The Hall–Kier alpha value is -2.50. The van der Waals surface area contributed by atoms with Crippen LogP contribution in [0.2, 0.25) is 0 Å². The maximum atomic E-state index is 14.3. The lowest BCUT2D eigenvalue weighted by Gasteiger charge is -2.26. The second-order valence-electron chi connectivity index (χ2n) is 4.54. The van der Waals surface area contributed by atoms with Crippen LogP contribution in [0.4, 0.5) is 28.9 Å². The summed E-state index contributed by atoms with van der Waals surface area (Å²) in [5.74, 6) is -3.67. The molecule has 0 bridgehead atoms. The van der Waals surface area contributed by atoms with Crippen molar-refractivity contribution in [2.24, 2.45) is 0 Å². The first kappa shape index (κ1) is 15.9. The summed E-state index contributed by atoms with van der Waals surface area (Å²) >= 11 is 0. The van der Waals surface area contributed by atoms with Crippen LogP contribution in [0.5, 0.6) is 0 Å². The van der Waals surface area contributed by atoms with E-state index in [0.717, 1.165) is 6.20 Å². The monoisotopic (exact) mass is 310 g/mol. The number of nitrogens with one attached hydrogen (secondary N) is 2. The van der Waals surface area contributed by atoms with Gasteiger partial charge < -0.3 is 10.6 Å². The van der Waals surface area contributed by atoms with Gasteiger partial charge >= 0.3 is 6.18 Å². The summed E-state index contributed by atoms with van der Waals surface area (Å²) in [6.45, 7) is 0. The molecule has 1 unspecified atom stereocenters. The van der Waals surface area contributed by atoms with Gasteiger partial charge in [-0.25, -0.2) is 4.39 Å². The lowest BCUT2D eigenvalue weighted by Crippen LogP contribution is -2.46. The highest BCUT2D eigenvalue weighted by Gasteiger charge is 2.54. The van der Waals surface area contributed by atoms with E-state index in [4.69, 9.17) is 0 Å². The highest BCUT2D eigenvalue weighted by Crippen LogP contribution is 2.36. The molecule has 2 aromatic rings. The van der Waals surface area contributed by atoms with Gasteiger partial charge in [-0.1, -0.05) is 36.4 Å². The molecule has 0 saturated heterocycles. The Morgan fingerprint density at radius 1 is 0.727 bits per heavy atom. The van der Waals surface area contributed by atoms with E-state index in [1.807, 2.05) is 5.32 Å². The molecule has 116 valence electrons. The summed E-state index contributed by atoms with van der Waals surface area (Å²) in [5, 5.41) is 4.46. The van der Waals surface area contributed by atoms with Crippen LogP contribution < -0.4 is 10.6 Å². The molecular formula is C16H14F4N2. The fourth-order valence-corrected chi connectivity index (χ4v) is 1.73. The first-order valence-corrected chi connectivity index (χ1v) is 6.49. The Morgan fingerprint density at radius 2 is 1.23 bits per heavy atom. The molecular weight excluding hydrogens is 296 g/mol. The summed E-state index contributed by atoms with van der Waals surface area (Å²) in [6, 6.07) is 15.9. The van der Waals surface area contributed by atoms with E-state index in [9.17, 15) is 17.6 Å². The molecule has 0 saturated carbocycles. The molecule has 2 N–H and O–H groups in total. The van der Waals surface area contributed by atoms with E-state index >= 15 is 0 Å². The van der Waals surface area contributed by atoms with Gasteiger partial charge in [0, 0.05) is 17.6 Å². The largest absolute Gasteiger partial charge is 0.445 e. The van der Waals surface area contributed by atoms with E-state index in [1.54, 1.807) is 36.4 Å². The normalized spacial score (nSPS) is 14.5. The molecule has 0 spiro atoms. The van der Waals surface area contributed by atoms with Crippen molar-refractivity contribution in [3.05, 3.63) is 72.9 Å². The number of para-hydroxylation sites is 2. The zero-order chi connectivity index (χ0) is 16.1. The molecule has 22 heavy (non-hydrogen) atoms. The van der Waals surface area contributed by atoms with Gasteiger partial charge in [-0.05, 0) is 30.3 Å². The number of rotatable bonds is 5. The molecule has 2 aromatic carbocycles. The predicted molar refractivity (Wildman–Crippen MR) is 79.2 cm³/mol. The van der Waals surface area contributed by atoms with Crippen molar-refractivity contribution in [1.82, 2.24) is 0 Å². The molecule has 0 aromatic heterocycles. The number of alkyl halides is 4. The lowest BCUT2D eigenvalue weighted by molar-refractivity contribution is -0.201. The van der Waals surface area contributed by atoms with E-state index in [0.29, 0.717) is 11.8 Å². The topological polar surface area (TPSA) is 24.1 Å². The van der Waals surface area contributed by atoms with Crippen LogP contribution in [0.3, 0.4) is 0 Å². The van der Waals surface area contributed by atoms with Crippen LogP contribution >= 0.6 is 0 Å². The zero-order valence-corrected chi connectivity index (χ0v) is 11.4. The first-order chi connectivity index (χ1) is 10.4. The van der Waals surface area contributed by atoms with Gasteiger partial charge in [0.15, 0.2) is 0 Å². The molecule has 0 aliphatic carbocycles. The maximum absolute atomic E-state index is 14.3. The zero-order valence-electron chi connectivity index (χ0n) is 11.4. The summed E-state index contributed by atoms with van der Waals surface area (Å²) in [7, 11) is 0. The van der Waals surface area contributed by atoms with Crippen molar-refractivity contribution < 1.29 is 17.6 Å². The third-order valence-electron chi connectivity index (χ3n) is 2.85. The van der Waals surface area contributed by atoms with Gasteiger partial charge in [-0.3, -0.25) is 0 Å². The molecule has 0 aliphatic rings. The Bertz CT molecular complexity index is 611. The van der Waals surface area contributed by atoms with Crippen molar-refractivity contribution in [2.75, 3.05) is 10.6 Å². The summed E-state index contributed by atoms with van der Waals surface area (Å²) < 4.78 is 53.3. The van der Waals surface area contributed by atoms with Crippen LogP contribution in [0.1, 0.15) is 0 Å². The van der Waals surface area contributed by atoms with Gasteiger partial charge in [0.05, 0.1) is 0 Å². The molecule has 6 heteroatoms. The number of hydrogen-bond donors (Lipinski definition) is 2. The average molecular weight is 310 g/mol. The third kappa shape index (κ3) is 4.00. The van der Waals surface area contributed by atoms with Crippen LogP contribution in [-0.2, 0) is 0 Å². The van der Waals surface area contributed by atoms with Gasteiger partial charge in [0.2, 0.25) is 0 Å². The summed E-state index contributed by atoms with van der Waals surface area (Å²) in [4.78, 5) is 0. The van der Waals surface area contributed by atoms with E-state index in [2.05, 4.69) is 5.32 Å². The maximum Gasteiger partial charge on any atom is 0.445 e. The molecule has 2 nitrogen and oxygen atoms in total. The second-order valence-corrected chi connectivity index (χ2v) is 4.54. The summed E-state index contributed by atoms with van der Waals surface area (Å²) in [6.07, 6.45) is -3.76. The van der Waals surface area contributed by atoms with Crippen LogP contribution in [0.25, 0.3) is 0 Å². The van der Waals surface area contributed by atoms with Gasteiger partial charge in [-0.15, -0.1) is 0 Å². The Balaban J connectivity index is 2.15. The van der Waals surface area contributed by atoms with E-state index in [1.165, 1.54) is 24.3 Å². The van der Waals surface area contributed by atoms with Crippen molar-refractivity contribution in [3.8, 4) is 0 Å². The van der Waals surface area contributed by atoms with Crippen LogP contribution in [0.15, 0.2) is 72.9 Å². The summed E-state index contributed by atoms with van der Waals surface area (Å²) in [5.41, 5.74) is 0.592. The number of hydrogen-bond acceptors (Lipinski definition) is 2. The minimum atomic E-state index is -5.10. The molecule has 0 heterocycles. The van der Waals surface area contributed by atoms with Gasteiger partial charge in [0.1, 0.15) is 0 Å². The van der Waals surface area contributed by atoms with Crippen molar-refractivity contribution >= 4 is 11.4 Å². The lowest BCUT2D eigenvalue weighted by atomic mass is 10.2. The van der Waals surface area contributed by atoms with Crippen molar-refractivity contribution in [3.63, 3.8) is 0 Å². The third-order valence-corrected chi connectivity index (χ3v) is 2.85. The molecule has 0 radical (unpaired) electrons. The molecule has 0 fully saturated rings. The Kier molecular flexibility index (Phi) is 4.70. The van der Waals surface area contributed by atoms with Gasteiger partial charge in [0.25, 0.3) is 5.79 Å². The average Bonchev–Trinajstić information content (AvgIpc) is 2.48. The van der Waals surface area contributed by atoms with Crippen molar-refractivity contribution in [2.45, 2.75) is 12.0 Å². The Morgan fingerprint density at radius 3 is 1.73 bits per heavy atom. The number of benzene rings is 2. The fourth-order valence-electron chi connectivity index (χ4n) is 1.73. The van der Waals surface area contributed by atoms with E-state index < -0.39 is 12.0 Å². The minimum Gasteiger partial charge on any atom is -0.362 e. The molecule has 2 rings (SSSR count).